The summed E-state index contributed by atoms with van der Waals surface area (Å²) in [6, 6.07) is 0. The second-order valence-corrected chi connectivity index (χ2v) is 6.96. The standard InChI is InChI=1S/C16H35N/c1-12(2)8-14(5)10-17-11-15(6)9-16(7)13(3)4/h12-17H,8-11H2,1-7H3. The Bertz CT molecular complexity index is 174. The fourth-order valence-electron chi connectivity index (χ4n) is 2.45. The molecule has 1 N–H and O–H groups in total. The van der Waals surface area contributed by atoms with Gasteiger partial charge >= 0.3 is 0 Å². The van der Waals surface area contributed by atoms with Crippen molar-refractivity contribution < 1.29 is 0 Å². The molecule has 0 fully saturated rings. The fourth-order valence-corrected chi connectivity index (χ4v) is 2.45. The highest BCUT2D eigenvalue weighted by molar-refractivity contribution is 4.66. The molecular weight excluding hydrogens is 206 g/mol. The maximum Gasteiger partial charge on any atom is -0.00229 e. The first kappa shape index (κ1) is 17.0. The number of hydrogen-bond donors (Lipinski definition) is 1. The predicted molar refractivity (Wildman–Crippen MR) is 79.3 cm³/mol. The molecule has 0 saturated carbocycles. The van der Waals surface area contributed by atoms with Gasteiger partial charge in [-0.15, -0.1) is 0 Å². The van der Waals surface area contributed by atoms with Crippen LogP contribution >= 0.6 is 0 Å². The van der Waals surface area contributed by atoms with Crippen LogP contribution in [0.2, 0.25) is 0 Å². The van der Waals surface area contributed by atoms with Gasteiger partial charge in [0.25, 0.3) is 0 Å². The zero-order valence-corrected chi connectivity index (χ0v) is 13.2. The van der Waals surface area contributed by atoms with Crippen molar-refractivity contribution in [2.24, 2.45) is 29.6 Å². The van der Waals surface area contributed by atoms with Gasteiger partial charge in [-0.25, -0.2) is 0 Å². The summed E-state index contributed by atoms with van der Waals surface area (Å²) in [4.78, 5) is 0. The highest BCUT2D eigenvalue weighted by atomic mass is 14.9. The van der Waals surface area contributed by atoms with Crippen LogP contribution < -0.4 is 5.32 Å². The Morgan fingerprint density at radius 1 is 0.706 bits per heavy atom. The zero-order chi connectivity index (χ0) is 13.4. The molecule has 1 nitrogen and oxygen atoms in total. The van der Waals surface area contributed by atoms with Gasteiger partial charge in [-0.1, -0.05) is 48.5 Å². The van der Waals surface area contributed by atoms with Crippen molar-refractivity contribution in [1.29, 1.82) is 0 Å². The highest BCUT2D eigenvalue weighted by Crippen LogP contribution is 2.19. The van der Waals surface area contributed by atoms with Gasteiger partial charge in [-0.05, 0) is 55.5 Å². The summed E-state index contributed by atoms with van der Waals surface area (Å²) in [5, 5.41) is 3.63. The molecular formula is C16H35N. The van der Waals surface area contributed by atoms with E-state index in [4.69, 9.17) is 0 Å². The van der Waals surface area contributed by atoms with E-state index in [1.165, 1.54) is 25.9 Å². The summed E-state index contributed by atoms with van der Waals surface area (Å²) in [6.07, 6.45) is 2.69. The molecule has 0 aromatic heterocycles. The summed E-state index contributed by atoms with van der Waals surface area (Å²) in [6.45, 7) is 18.7. The van der Waals surface area contributed by atoms with Crippen LogP contribution in [0.3, 0.4) is 0 Å². The van der Waals surface area contributed by atoms with Crippen LogP contribution in [-0.4, -0.2) is 13.1 Å². The summed E-state index contributed by atoms with van der Waals surface area (Å²) >= 11 is 0. The second kappa shape index (κ2) is 8.97. The monoisotopic (exact) mass is 241 g/mol. The minimum atomic E-state index is 0.804. The molecule has 1 heteroatoms. The first-order valence-corrected chi connectivity index (χ1v) is 7.53. The molecule has 104 valence electrons. The highest BCUT2D eigenvalue weighted by Gasteiger charge is 2.12. The van der Waals surface area contributed by atoms with Gasteiger partial charge in [0.2, 0.25) is 0 Å². The molecule has 3 atom stereocenters. The fraction of sp³-hybridized carbons (Fsp3) is 1.00. The van der Waals surface area contributed by atoms with Crippen molar-refractivity contribution in [2.45, 2.75) is 61.3 Å². The SMILES string of the molecule is CC(C)CC(C)CNCC(C)CC(C)C(C)C. The van der Waals surface area contributed by atoms with Crippen LogP contribution in [0.25, 0.3) is 0 Å². The third-order valence-electron chi connectivity index (χ3n) is 3.77. The Kier molecular flexibility index (Phi) is 8.94. The van der Waals surface area contributed by atoms with Gasteiger partial charge < -0.3 is 5.32 Å². The molecule has 0 aromatic carbocycles. The minimum absolute atomic E-state index is 0.804. The van der Waals surface area contributed by atoms with Crippen molar-refractivity contribution in [3.8, 4) is 0 Å². The third-order valence-corrected chi connectivity index (χ3v) is 3.77. The van der Waals surface area contributed by atoms with Crippen molar-refractivity contribution in [3.05, 3.63) is 0 Å². The van der Waals surface area contributed by atoms with E-state index in [-0.39, 0.29) is 0 Å². The molecule has 0 aliphatic heterocycles. The Labute approximate surface area is 110 Å². The maximum absolute atomic E-state index is 3.63. The Morgan fingerprint density at radius 3 is 1.59 bits per heavy atom. The maximum atomic E-state index is 3.63. The van der Waals surface area contributed by atoms with Gasteiger partial charge in [-0.2, -0.15) is 0 Å². The molecule has 0 heterocycles. The summed E-state index contributed by atoms with van der Waals surface area (Å²) in [5.41, 5.74) is 0. The van der Waals surface area contributed by atoms with E-state index < -0.39 is 0 Å². The Hall–Kier alpha value is -0.0400. The van der Waals surface area contributed by atoms with Gasteiger partial charge in [-0.3, -0.25) is 0 Å². The van der Waals surface area contributed by atoms with E-state index in [0.29, 0.717) is 0 Å². The lowest BCUT2D eigenvalue weighted by atomic mass is 9.88. The van der Waals surface area contributed by atoms with E-state index in [1.807, 2.05) is 0 Å². The normalized spacial score (nSPS) is 17.5. The molecule has 0 saturated heterocycles. The van der Waals surface area contributed by atoms with Crippen LogP contribution in [0.4, 0.5) is 0 Å². The first-order chi connectivity index (χ1) is 7.82. The smallest absolute Gasteiger partial charge is 0.00229 e. The molecule has 0 aliphatic rings. The van der Waals surface area contributed by atoms with E-state index >= 15 is 0 Å². The molecule has 17 heavy (non-hydrogen) atoms. The van der Waals surface area contributed by atoms with Crippen molar-refractivity contribution >= 4 is 0 Å². The Morgan fingerprint density at radius 2 is 1.18 bits per heavy atom. The van der Waals surface area contributed by atoms with Crippen LogP contribution in [0, 0.1) is 29.6 Å². The lowest BCUT2D eigenvalue weighted by Gasteiger charge is -2.22. The molecule has 0 spiro atoms. The van der Waals surface area contributed by atoms with Crippen molar-refractivity contribution in [3.63, 3.8) is 0 Å². The molecule has 0 amide bonds. The Balaban J connectivity index is 3.60. The minimum Gasteiger partial charge on any atom is -0.316 e. The van der Waals surface area contributed by atoms with Crippen molar-refractivity contribution in [1.82, 2.24) is 5.32 Å². The zero-order valence-electron chi connectivity index (χ0n) is 13.2. The van der Waals surface area contributed by atoms with E-state index in [9.17, 15) is 0 Å². The topological polar surface area (TPSA) is 12.0 Å². The van der Waals surface area contributed by atoms with Crippen LogP contribution in [0.5, 0.6) is 0 Å². The predicted octanol–water partition coefficient (Wildman–Crippen LogP) is 4.58. The average molecular weight is 241 g/mol. The van der Waals surface area contributed by atoms with Gasteiger partial charge in [0, 0.05) is 0 Å². The molecule has 3 unspecified atom stereocenters. The third kappa shape index (κ3) is 9.64. The first-order valence-electron chi connectivity index (χ1n) is 7.53. The number of hydrogen-bond acceptors (Lipinski definition) is 1. The quantitative estimate of drug-likeness (QED) is 0.623. The molecule has 0 rings (SSSR count). The largest absolute Gasteiger partial charge is 0.316 e. The number of rotatable bonds is 9. The molecule has 0 aliphatic carbocycles. The summed E-state index contributed by atoms with van der Waals surface area (Å²) in [5.74, 6) is 4.10. The molecule has 0 radical (unpaired) electrons. The van der Waals surface area contributed by atoms with Crippen LogP contribution in [-0.2, 0) is 0 Å². The summed E-state index contributed by atoms with van der Waals surface area (Å²) < 4.78 is 0. The van der Waals surface area contributed by atoms with Gasteiger partial charge in [0.05, 0.1) is 0 Å². The van der Waals surface area contributed by atoms with Gasteiger partial charge in [0.1, 0.15) is 0 Å². The number of nitrogens with one attached hydrogen (secondary N) is 1. The van der Waals surface area contributed by atoms with E-state index in [2.05, 4.69) is 53.8 Å². The molecule has 0 aromatic rings. The van der Waals surface area contributed by atoms with Crippen LogP contribution in [0.1, 0.15) is 61.3 Å². The van der Waals surface area contributed by atoms with E-state index in [1.54, 1.807) is 0 Å². The van der Waals surface area contributed by atoms with Gasteiger partial charge in [0.15, 0.2) is 0 Å². The average Bonchev–Trinajstić information content (AvgIpc) is 2.15. The molecule has 0 bridgehead atoms. The lowest BCUT2D eigenvalue weighted by molar-refractivity contribution is 0.316. The lowest BCUT2D eigenvalue weighted by Crippen LogP contribution is -2.28. The van der Waals surface area contributed by atoms with Crippen molar-refractivity contribution in [2.75, 3.05) is 13.1 Å². The van der Waals surface area contributed by atoms with E-state index in [0.717, 1.165) is 29.6 Å². The summed E-state index contributed by atoms with van der Waals surface area (Å²) in [7, 11) is 0. The van der Waals surface area contributed by atoms with Crippen LogP contribution in [0.15, 0.2) is 0 Å². The second-order valence-electron chi connectivity index (χ2n) is 6.96.